The van der Waals surface area contributed by atoms with Crippen LogP contribution in [0.1, 0.15) is 45.6 Å². The first kappa shape index (κ1) is 21.5. The van der Waals surface area contributed by atoms with Crippen molar-refractivity contribution in [2.75, 3.05) is 26.3 Å². The van der Waals surface area contributed by atoms with Crippen LogP contribution in [-0.2, 0) is 20.5 Å². The average Bonchev–Trinajstić information content (AvgIpc) is 2.70. The number of hydrogen-bond donors (Lipinski definition) is 1. The Hall–Kier alpha value is -2.22. The SMILES string of the molecule is Cc1ccc(C)c(C(C)NC(=O)c2ccc(CS(=O)(=O)N3CCOCC3)cc2)c1. The van der Waals surface area contributed by atoms with E-state index in [9.17, 15) is 13.2 Å². The topological polar surface area (TPSA) is 75.7 Å². The van der Waals surface area contributed by atoms with E-state index >= 15 is 0 Å². The lowest BCUT2D eigenvalue weighted by molar-refractivity contribution is 0.0729. The normalized spacial score (nSPS) is 16.4. The van der Waals surface area contributed by atoms with Crippen LogP contribution in [0, 0.1) is 13.8 Å². The van der Waals surface area contributed by atoms with Crippen LogP contribution in [0.2, 0.25) is 0 Å². The van der Waals surface area contributed by atoms with Gasteiger partial charge in [0.15, 0.2) is 0 Å². The summed E-state index contributed by atoms with van der Waals surface area (Å²) in [6.45, 7) is 7.65. The third-order valence-electron chi connectivity index (χ3n) is 5.18. The number of ether oxygens (including phenoxy) is 1. The smallest absolute Gasteiger partial charge is 0.251 e. The molecule has 0 saturated carbocycles. The van der Waals surface area contributed by atoms with Crippen LogP contribution in [0.15, 0.2) is 42.5 Å². The molecule has 2 aromatic rings. The highest BCUT2D eigenvalue weighted by molar-refractivity contribution is 7.88. The summed E-state index contributed by atoms with van der Waals surface area (Å²) in [7, 11) is -3.38. The van der Waals surface area contributed by atoms with Crippen molar-refractivity contribution in [3.63, 3.8) is 0 Å². The monoisotopic (exact) mass is 416 g/mol. The second-order valence-corrected chi connectivity index (χ2v) is 9.49. The number of nitrogens with one attached hydrogen (secondary N) is 1. The van der Waals surface area contributed by atoms with Gasteiger partial charge in [0.25, 0.3) is 5.91 Å². The maximum atomic E-state index is 12.6. The number of carbonyl (C=O) groups excluding carboxylic acids is 1. The Morgan fingerprint density at radius 1 is 1.10 bits per heavy atom. The van der Waals surface area contributed by atoms with Gasteiger partial charge in [0.2, 0.25) is 10.0 Å². The fraction of sp³-hybridized carbons (Fsp3) is 0.409. The predicted molar refractivity (Wildman–Crippen MR) is 113 cm³/mol. The van der Waals surface area contributed by atoms with Crippen LogP contribution in [-0.4, -0.2) is 44.9 Å². The molecule has 1 N–H and O–H groups in total. The van der Waals surface area contributed by atoms with Gasteiger partial charge in [-0.2, -0.15) is 4.31 Å². The van der Waals surface area contributed by atoms with E-state index in [2.05, 4.69) is 23.5 Å². The molecule has 2 aromatic carbocycles. The molecule has 1 unspecified atom stereocenters. The molecule has 1 atom stereocenters. The summed E-state index contributed by atoms with van der Waals surface area (Å²) in [5, 5.41) is 3.02. The van der Waals surface area contributed by atoms with Gasteiger partial charge in [0.05, 0.1) is 25.0 Å². The minimum absolute atomic E-state index is 0.0756. The average molecular weight is 417 g/mol. The molecule has 3 rings (SSSR count). The molecule has 1 saturated heterocycles. The Bertz CT molecular complexity index is 965. The number of amides is 1. The van der Waals surface area contributed by atoms with Gasteiger partial charge in [-0.05, 0) is 49.6 Å². The van der Waals surface area contributed by atoms with Crippen LogP contribution in [0.3, 0.4) is 0 Å². The summed E-state index contributed by atoms with van der Waals surface area (Å²) < 4.78 is 31.7. The third-order valence-corrected chi connectivity index (χ3v) is 7.03. The van der Waals surface area contributed by atoms with Gasteiger partial charge >= 0.3 is 0 Å². The Morgan fingerprint density at radius 2 is 1.76 bits per heavy atom. The summed E-state index contributed by atoms with van der Waals surface area (Å²) in [6, 6.07) is 12.8. The lowest BCUT2D eigenvalue weighted by Gasteiger charge is -2.26. The molecule has 0 aliphatic carbocycles. The molecule has 1 fully saturated rings. The molecule has 156 valence electrons. The second-order valence-electron chi connectivity index (χ2n) is 7.52. The van der Waals surface area contributed by atoms with Crippen molar-refractivity contribution in [2.24, 2.45) is 0 Å². The van der Waals surface area contributed by atoms with Gasteiger partial charge in [-0.1, -0.05) is 35.9 Å². The number of aryl methyl sites for hydroxylation is 2. The van der Waals surface area contributed by atoms with Crippen LogP contribution in [0.5, 0.6) is 0 Å². The van der Waals surface area contributed by atoms with Crippen LogP contribution < -0.4 is 5.32 Å². The Balaban J connectivity index is 1.64. The Morgan fingerprint density at radius 3 is 2.41 bits per heavy atom. The number of hydrogen-bond acceptors (Lipinski definition) is 4. The quantitative estimate of drug-likeness (QED) is 0.786. The summed E-state index contributed by atoms with van der Waals surface area (Å²) in [4.78, 5) is 12.6. The molecular formula is C22H28N2O4S. The fourth-order valence-corrected chi connectivity index (χ4v) is 4.96. The van der Waals surface area contributed by atoms with Crippen molar-refractivity contribution in [3.8, 4) is 0 Å². The summed E-state index contributed by atoms with van der Waals surface area (Å²) in [5.74, 6) is -0.255. The summed E-state index contributed by atoms with van der Waals surface area (Å²) in [5.41, 5.74) is 4.54. The van der Waals surface area contributed by atoms with Crippen molar-refractivity contribution >= 4 is 15.9 Å². The highest BCUT2D eigenvalue weighted by Crippen LogP contribution is 2.20. The number of morpholine rings is 1. The van der Waals surface area contributed by atoms with Gasteiger partial charge < -0.3 is 10.1 Å². The standard InChI is InChI=1S/C22H28N2O4S/c1-16-4-5-17(2)21(14-16)18(3)23-22(25)20-8-6-19(7-9-20)15-29(26,27)24-10-12-28-13-11-24/h4-9,14,18H,10-13,15H2,1-3H3,(H,23,25). The molecule has 1 heterocycles. The second kappa shape index (κ2) is 9.07. The minimum atomic E-state index is -3.38. The van der Waals surface area contributed by atoms with Gasteiger partial charge in [-0.15, -0.1) is 0 Å². The molecule has 1 amide bonds. The molecule has 0 radical (unpaired) electrons. The first-order valence-electron chi connectivity index (χ1n) is 9.79. The van der Waals surface area contributed by atoms with Crippen molar-refractivity contribution in [1.29, 1.82) is 0 Å². The molecule has 1 aliphatic rings. The van der Waals surface area contributed by atoms with E-state index in [0.29, 0.717) is 37.4 Å². The maximum absolute atomic E-state index is 12.6. The van der Waals surface area contributed by atoms with Gasteiger partial charge in [-0.25, -0.2) is 8.42 Å². The number of rotatable bonds is 6. The predicted octanol–water partition coefficient (Wildman–Crippen LogP) is 2.96. The van der Waals surface area contributed by atoms with E-state index in [4.69, 9.17) is 4.74 Å². The molecule has 0 bridgehead atoms. The van der Waals surface area contributed by atoms with E-state index in [-0.39, 0.29) is 17.7 Å². The number of benzene rings is 2. The summed E-state index contributed by atoms with van der Waals surface area (Å²) in [6.07, 6.45) is 0. The lowest BCUT2D eigenvalue weighted by atomic mass is 9.99. The van der Waals surface area contributed by atoms with Crippen LogP contribution in [0.25, 0.3) is 0 Å². The summed E-state index contributed by atoms with van der Waals surface area (Å²) >= 11 is 0. The minimum Gasteiger partial charge on any atom is -0.379 e. The third kappa shape index (κ3) is 5.44. The van der Waals surface area contributed by atoms with Crippen LogP contribution in [0.4, 0.5) is 0 Å². The van der Waals surface area contributed by atoms with Gasteiger partial charge in [-0.3, -0.25) is 4.79 Å². The van der Waals surface area contributed by atoms with Crippen LogP contribution >= 0.6 is 0 Å². The number of carbonyl (C=O) groups is 1. The zero-order chi connectivity index (χ0) is 21.0. The highest BCUT2D eigenvalue weighted by Gasteiger charge is 2.24. The zero-order valence-electron chi connectivity index (χ0n) is 17.1. The number of sulfonamides is 1. The molecule has 6 nitrogen and oxygen atoms in total. The van der Waals surface area contributed by atoms with Crippen molar-refractivity contribution in [3.05, 3.63) is 70.3 Å². The largest absolute Gasteiger partial charge is 0.379 e. The fourth-order valence-electron chi connectivity index (χ4n) is 3.46. The van der Waals surface area contributed by atoms with E-state index in [0.717, 1.165) is 16.7 Å². The lowest BCUT2D eigenvalue weighted by Crippen LogP contribution is -2.41. The van der Waals surface area contributed by atoms with Gasteiger partial charge in [0.1, 0.15) is 0 Å². The molecule has 1 aliphatic heterocycles. The van der Waals surface area contributed by atoms with E-state index in [1.54, 1.807) is 24.3 Å². The zero-order valence-corrected chi connectivity index (χ0v) is 18.0. The molecule has 29 heavy (non-hydrogen) atoms. The molecular weight excluding hydrogens is 388 g/mol. The van der Waals surface area contributed by atoms with Crippen molar-refractivity contribution in [2.45, 2.75) is 32.6 Å². The highest BCUT2D eigenvalue weighted by atomic mass is 32.2. The van der Waals surface area contributed by atoms with E-state index in [1.165, 1.54) is 4.31 Å². The number of nitrogens with zero attached hydrogens (tertiary/aromatic N) is 1. The van der Waals surface area contributed by atoms with E-state index in [1.807, 2.05) is 20.8 Å². The molecule has 0 spiro atoms. The van der Waals surface area contributed by atoms with Crippen molar-refractivity contribution in [1.82, 2.24) is 9.62 Å². The van der Waals surface area contributed by atoms with Crippen molar-refractivity contribution < 1.29 is 17.9 Å². The first-order chi connectivity index (χ1) is 13.8. The maximum Gasteiger partial charge on any atom is 0.251 e. The molecule has 0 aromatic heterocycles. The Kier molecular flexibility index (Phi) is 6.72. The first-order valence-corrected chi connectivity index (χ1v) is 11.4. The molecule has 7 heteroatoms. The van der Waals surface area contributed by atoms with Gasteiger partial charge in [0, 0.05) is 18.7 Å². The Labute approximate surface area is 172 Å². The van der Waals surface area contributed by atoms with E-state index < -0.39 is 10.0 Å².